The second kappa shape index (κ2) is 8.37. The van der Waals surface area contributed by atoms with Crippen LogP contribution in [0, 0.1) is 17.9 Å². The van der Waals surface area contributed by atoms with Gasteiger partial charge in [-0.25, -0.2) is 9.83 Å². The Morgan fingerprint density at radius 3 is 2.81 bits per heavy atom. The van der Waals surface area contributed by atoms with E-state index in [1.165, 1.54) is 16.4 Å². The van der Waals surface area contributed by atoms with Crippen LogP contribution in [0.15, 0.2) is 17.4 Å². The van der Waals surface area contributed by atoms with Crippen LogP contribution in [0.3, 0.4) is 0 Å². The number of nitriles is 1. The molecule has 2 aromatic heterocycles. The molecule has 2 heterocycles. The van der Waals surface area contributed by atoms with Crippen LogP contribution in [0.1, 0.15) is 23.6 Å². The largest absolute Gasteiger partial charge is 0.480 e. The number of hydrogen-bond donors (Lipinski definition) is 1. The lowest BCUT2D eigenvalue weighted by Crippen LogP contribution is -2.13. The van der Waals surface area contributed by atoms with Crippen molar-refractivity contribution in [3.8, 4) is 6.07 Å². The molecule has 0 unspecified atom stereocenters. The first-order valence-corrected chi connectivity index (χ1v) is 8.77. The predicted octanol–water partition coefficient (Wildman–Crippen LogP) is 2.71. The molecule has 0 spiro atoms. The number of pyridine rings is 1. The van der Waals surface area contributed by atoms with Gasteiger partial charge in [0, 0.05) is 31.6 Å². The van der Waals surface area contributed by atoms with Crippen molar-refractivity contribution in [2.24, 2.45) is 0 Å². The third kappa shape index (κ3) is 4.13. The Hall–Kier alpha value is -3.04. The fourth-order valence-electron chi connectivity index (χ4n) is 2.44. The van der Waals surface area contributed by atoms with E-state index in [9.17, 15) is 10.1 Å². The third-order valence-electron chi connectivity index (χ3n) is 3.58. The molecule has 0 bridgehead atoms. The Kier molecular flexibility index (Phi) is 6.21. The number of thioether (sulfide) groups is 1. The zero-order valence-corrected chi connectivity index (χ0v) is 15.5. The minimum atomic E-state index is -0.960. The maximum atomic E-state index is 10.7. The van der Waals surface area contributed by atoms with Gasteiger partial charge in [-0.15, -0.1) is 11.8 Å². The van der Waals surface area contributed by atoms with E-state index in [1.807, 2.05) is 21.0 Å². The Labute approximate surface area is 155 Å². The van der Waals surface area contributed by atoms with Gasteiger partial charge in [0.15, 0.2) is 0 Å². The lowest BCUT2D eigenvalue weighted by Gasteiger charge is -2.18. The second-order valence-corrected chi connectivity index (χ2v) is 6.61. The number of carboxylic acids is 1. The first-order valence-electron chi connectivity index (χ1n) is 7.78. The van der Waals surface area contributed by atoms with Gasteiger partial charge in [0.2, 0.25) is 5.69 Å². The monoisotopic (exact) mass is 370 g/mol. The zero-order chi connectivity index (χ0) is 19.3. The van der Waals surface area contributed by atoms with Crippen LogP contribution >= 0.6 is 11.8 Å². The highest BCUT2D eigenvalue weighted by molar-refractivity contribution is 7.98. The first kappa shape index (κ1) is 19.3. The van der Waals surface area contributed by atoms with E-state index in [-0.39, 0.29) is 6.54 Å². The Morgan fingerprint density at radius 1 is 1.54 bits per heavy atom. The van der Waals surface area contributed by atoms with Crippen LogP contribution in [-0.2, 0) is 23.5 Å². The highest BCUT2D eigenvalue weighted by Crippen LogP contribution is 2.38. The van der Waals surface area contributed by atoms with E-state index in [0.717, 1.165) is 5.56 Å². The molecule has 0 radical (unpaired) electrons. The highest BCUT2D eigenvalue weighted by atomic mass is 32.2. The molecular formula is C17H18N6O2S. The maximum absolute atomic E-state index is 10.7. The molecule has 134 valence electrons. The van der Waals surface area contributed by atoms with Crippen LogP contribution < -0.4 is 4.90 Å². The minimum Gasteiger partial charge on any atom is -0.480 e. The molecule has 0 aliphatic heterocycles. The average molecular weight is 370 g/mol. The predicted molar refractivity (Wildman–Crippen MR) is 98.3 cm³/mol. The number of anilines is 1. The molecule has 2 aromatic rings. The van der Waals surface area contributed by atoms with Crippen molar-refractivity contribution in [3.05, 3.63) is 40.5 Å². The van der Waals surface area contributed by atoms with Gasteiger partial charge >= 0.3 is 5.97 Å². The highest BCUT2D eigenvalue weighted by Gasteiger charge is 2.20. The van der Waals surface area contributed by atoms with Gasteiger partial charge < -0.3 is 10.0 Å². The molecule has 0 atom stereocenters. The fourth-order valence-corrected chi connectivity index (χ4v) is 3.36. The number of nitrogens with zero attached hydrogens (tertiary/aromatic N) is 6. The summed E-state index contributed by atoms with van der Waals surface area (Å²) >= 11 is 1.37. The molecule has 0 amide bonds. The van der Waals surface area contributed by atoms with Crippen molar-refractivity contribution in [2.45, 2.75) is 30.7 Å². The fraction of sp³-hybridized carbons (Fsp3) is 0.353. The molecule has 8 nitrogen and oxygen atoms in total. The molecule has 26 heavy (non-hydrogen) atoms. The van der Waals surface area contributed by atoms with Crippen LogP contribution in [0.4, 0.5) is 11.5 Å². The Morgan fingerprint density at radius 2 is 2.27 bits per heavy atom. The number of aromatic nitrogens is 3. The van der Waals surface area contributed by atoms with Gasteiger partial charge in [0.25, 0.3) is 0 Å². The molecule has 2 rings (SSSR count). The van der Waals surface area contributed by atoms with Crippen molar-refractivity contribution < 1.29 is 9.90 Å². The SMILES string of the molecule is [C-]#[N+]c1c(N(C)C)nc(SCc2cnn(CC(=O)O)c2)c(C#N)c1CC. The quantitative estimate of drug-likeness (QED) is 0.591. The third-order valence-corrected chi connectivity index (χ3v) is 4.63. The van der Waals surface area contributed by atoms with Crippen LogP contribution in [0.5, 0.6) is 0 Å². The van der Waals surface area contributed by atoms with Gasteiger partial charge in [0.1, 0.15) is 23.5 Å². The summed E-state index contributed by atoms with van der Waals surface area (Å²) in [7, 11) is 3.62. The normalized spacial score (nSPS) is 10.2. The van der Waals surface area contributed by atoms with Crippen molar-refractivity contribution in [1.82, 2.24) is 14.8 Å². The molecule has 0 aromatic carbocycles. The van der Waals surface area contributed by atoms with Crippen LogP contribution in [-0.4, -0.2) is 39.9 Å². The molecule has 0 fully saturated rings. The van der Waals surface area contributed by atoms with E-state index in [2.05, 4.69) is 21.0 Å². The summed E-state index contributed by atoms with van der Waals surface area (Å²) in [4.78, 5) is 20.6. The number of hydrogen-bond acceptors (Lipinski definition) is 6. The van der Waals surface area contributed by atoms with Gasteiger partial charge in [-0.2, -0.15) is 10.4 Å². The average Bonchev–Trinajstić information content (AvgIpc) is 3.04. The summed E-state index contributed by atoms with van der Waals surface area (Å²) in [5.41, 5.74) is 2.37. The molecule has 0 aliphatic rings. The topological polar surface area (TPSA) is 99.4 Å². The van der Waals surface area contributed by atoms with E-state index in [4.69, 9.17) is 11.7 Å². The van der Waals surface area contributed by atoms with Crippen molar-refractivity contribution in [3.63, 3.8) is 0 Å². The van der Waals surface area contributed by atoms with Gasteiger partial charge in [-0.1, -0.05) is 6.92 Å². The van der Waals surface area contributed by atoms with E-state index < -0.39 is 5.97 Å². The molecule has 0 saturated heterocycles. The minimum absolute atomic E-state index is 0.198. The summed E-state index contributed by atoms with van der Waals surface area (Å²) < 4.78 is 1.35. The first-order chi connectivity index (χ1) is 12.4. The smallest absolute Gasteiger partial charge is 0.325 e. The van der Waals surface area contributed by atoms with Gasteiger partial charge in [0.05, 0.1) is 18.3 Å². The van der Waals surface area contributed by atoms with Crippen molar-refractivity contribution in [2.75, 3.05) is 19.0 Å². The summed E-state index contributed by atoms with van der Waals surface area (Å²) in [6.07, 6.45) is 3.82. The lowest BCUT2D eigenvalue weighted by molar-refractivity contribution is -0.137. The van der Waals surface area contributed by atoms with Gasteiger partial charge in [-0.05, 0) is 12.0 Å². The van der Waals surface area contributed by atoms with E-state index in [0.29, 0.717) is 39.8 Å². The van der Waals surface area contributed by atoms with E-state index >= 15 is 0 Å². The maximum Gasteiger partial charge on any atom is 0.325 e. The van der Waals surface area contributed by atoms with Crippen molar-refractivity contribution >= 4 is 29.2 Å². The molecule has 9 heteroatoms. The molecule has 1 N–H and O–H groups in total. The zero-order valence-electron chi connectivity index (χ0n) is 14.7. The molecule has 0 saturated carbocycles. The van der Waals surface area contributed by atoms with E-state index in [1.54, 1.807) is 17.3 Å². The van der Waals surface area contributed by atoms with Crippen LogP contribution in [0.2, 0.25) is 0 Å². The number of aliphatic carboxylic acids is 1. The standard InChI is InChI=1S/C17H18N6O2S/c1-5-12-13(6-18)17(21-16(22(3)4)15(12)19-2)26-10-11-7-20-23(8-11)9-14(24)25/h7-8H,5,9-10H2,1,3-4H3,(H,24,25). The Bertz CT molecular complexity index is 907. The number of carbonyl (C=O) groups is 1. The number of rotatable bonds is 7. The lowest BCUT2D eigenvalue weighted by atomic mass is 10.1. The Balaban J connectivity index is 2.35. The summed E-state index contributed by atoms with van der Waals surface area (Å²) in [6, 6.07) is 2.18. The van der Waals surface area contributed by atoms with Gasteiger partial charge in [-0.3, -0.25) is 9.48 Å². The number of carboxylic acid groups (broad SMARTS) is 1. The second-order valence-electron chi connectivity index (χ2n) is 5.64. The summed E-state index contributed by atoms with van der Waals surface area (Å²) in [5, 5.41) is 22.9. The molecular weight excluding hydrogens is 352 g/mol. The molecule has 0 aliphatic carbocycles. The summed E-state index contributed by atoms with van der Waals surface area (Å²) in [5.74, 6) is 0.0768. The van der Waals surface area contributed by atoms with Crippen LogP contribution in [0.25, 0.3) is 4.85 Å². The van der Waals surface area contributed by atoms with Crippen molar-refractivity contribution in [1.29, 1.82) is 5.26 Å². The summed E-state index contributed by atoms with van der Waals surface area (Å²) in [6.45, 7) is 9.16.